The number of nitrogens with zero attached hydrogens (tertiary/aromatic N) is 1. The molecular weight excluding hydrogens is 321 g/mol. The van der Waals surface area contributed by atoms with Crippen LogP contribution in [0.25, 0.3) is 0 Å². The fourth-order valence-electron chi connectivity index (χ4n) is 1.38. The Labute approximate surface area is 118 Å². The van der Waals surface area contributed by atoms with Gasteiger partial charge in [-0.2, -0.15) is 0 Å². The molecule has 0 aliphatic carbocycles. The predicted octanol–water partition coefficient (Wildman–Crippen LogP) is 2.88. The molecule has 0 saturated carbocycles. The highest BCUT2D eigenvalue weighted by atomic mass is 79.9. The van der Waals surface area contributed by atoms with Gasteiger partial charge in [-0.05, 0) is 34.2 Å². The van der Waals surface area contributed by atoms with E-state index in [0.29, 0.717) is 6.54 Å². The van der Waals surface area contributed by atoms with Crippen LogP contribution in [0, 0.1) is 0 Å². The molecule has 0 radical (unpaired) electrons. The summed E-state index contributed by atoms with van der Waals surface area (Å²) in [5, 5.41) is 0.818. The van der Waals surface area contributed by atoms with Crippen LogP contribution in [0.2, 0.25) is 0 Å². The summed E-state index contributed by atoms with van der Waals surface area (Å²) in [5.41, 5.74) is 0. The van der Waals surface area contributed by atoms with Crippen molar-refractivity contribution in [3.63, 3.8) is 0 Å². The van der Waals surface area contributed by atoms with Crippen LogP contribution >= 0.6 is 23.4 Å². The molecule has 0 spiro atoms. The fraction of sp³-hybridized carbons (Fsp3) is 0.909. The third-order valence-corrected chi connectivity index (χ3v) is 5.36. The predicted molar refractivity (Wildman–Crippen MR) is 76.4 cm³/mol. The van der Waals surface area contributed by atoms with Crippen molar-refractivity contribution in [2.75, 3.05) is 31.7 Å². The summed E-state index contributed by atoms with van der Waals surface area (Å²) in [6, 6.07) is 0. The summed E-state index contributed by atoms with van der Waals surface area (Å²) in [4.78, 5) is 11.5. The Hall–Kier alpha value is 0.100. The zero-order valence-corrected chi connectivity index (χ0v) is 14.0. The van der Waals surface area contributed by atoms with E-state index in [1.54, 1.807) is 32.5 Å². The molecule has 18 heavy (non-hydrogen) atoms. The van der Waals surface area contributed by atoms with E-state index in [-0.39, 0.29) is 18.9 Å². The number of hydrogen-bond acceptors (Lipinski definition) is 4. The molecule has 0 bridgehead atoms. The Balaban J connectivity index is 4.70. The van der Waals surface area contributed by atoms with Gasteiger partial charge in [-0.1, -0.05) is 15.9 Å². The summed E-state index contributed by atoms with van der Waals surface area (Å²) < 4.78 is 24.7. The number of alkyl halides is 1. The first-order chi connectivity index (χ1) is 8.35. The molecule has 0 saturated heterocycles. The van der Waals surface area contributed by atoms with Crippen LogP contribution in [0.1, 0.15) is 27.2 Å². The molecule has 0 N–H and O–H groups in total. The number of esters is 1. The molecule has 5 nitrogen and oxygen atoms in total. The van der Waals surface area contributed by atoms with E-state index < -0.39 is 13.5 Å². The van der Waals surface area contributed by atoms with E-state index in [2.05, 4.69) is 15.9 Å². The molecule has 7 heteroatoms. The number of rotatable bonds is 9. The van der Waals surface area contributed by atoms with Crippen molar-refractivity contribution in [2.24, 2.45) is 0 Å². The van der Waals surface area contributed by atoms with Crippen LogP contribution in [0.5, 0.6) is 0 Å². The van der Waals surface area contributed by atoms with E-state index >= 15 is 0 Å². The second-order valence-electron chi connectivity index (χ2n) is 4.18. The van der Waals surface area contributed by atoms with E-state index in [0.717, 1.165) is 11.8 Å². The van der Waals surface area contributed by atoms with Gasteiger partial charge in [-0.25, -0.2) is 4.67 Å². The molecule has 108 valence electrons. The summed E-state index contributed by atoms with van der Waals surface area (Å²) >= 11 is 3.32. The Bertz CT molecular complexity index is 299. The van der Waals surface area contributed by atoms with E-state index in [4.69, 9.17) is 9.26 Å². The Morgan fingerprint density at radius 1 is 1.44 bits per heavy atom. The maximum atomic E-state index is 12.7. The molecule has 0 rings (SSSR count). The molecule has 0 amide bonds. The van der Waals surface area contributed by atoms with Crippen LogP contribution in [-0.4, -0.2) is 48.4 Å². The SMILES string of the molecule is CCOC(=O)CP(=O)(OC(C)C)N(C)CCCBr. The molecule has 0 aliphatic rings. The minimum absolute atomic E-state index is 0.197. The van der Waals surface area contributed by atoms with E-state index in [1.165, 1.54) is 0 Å². The smallest absolute Gasteiger partial charge is 0.316 e. The van der Waals surface area contributed by atoms with Gasteiger partial charge in [0.05, 0.1) is 12.7 Å². The average molecular weight is 344 g/mol. The van der Waals surface area contributed by atoms with E-state index in [9.17, 15) is 9.36 Å². The van der Waals surface area contributed by atoms with Gasteiger partial charge in [0.1, 0.15) is 6.16 Å². The van der Waals surface area contributed by atoms with Gasteiger partial charge in [0.25, 0.3) is 7.52 Å². The lowest BCUT2D eigenvalue weighted by Gasteiger charge is -2.28. The number of halogens is 1. The number of ether oxygens (including phenoxy) is 1. The lowest BCUT2D eigenvalue weighted by atomic mass is 10.5. The molecular formula is C11H23BrNO4P. The molecule has 0 fully saturated rings. The Morgan fingerprint density at radius 3 is 2.50 bits per heavy atom. The maximum Gasteiger partial charge on any atom is 0.316 e. The van der Waals surface area contributed by atoms with Crippen molar-refractivity contribution in [2.45, 2.75) is 33.3 Å². The minimum atomic E-state index is -3.14. The topological polar surface area (TPSA) is 55.8 Å². The quantitative estimate of drug-likeness (QED) is 0.366. The van der Waals surface area contributed by atoms with Crippen molar-refractivity contribution < 1.29 is 18.6 Å². The second kappa shape index (κ2) is 9.08. The van der Waals surface area contributed by atoms with Crippen molar-refractivity contribution in [3.8, 4) is 0 Å². The summed E-state index contributed by atoms with van der Waals surface area (Å²) in [6.07, 6.45) is 0.444. The lowest BCUT2D eigenvalue weighted by molar-refractivity contribution is -0.140. The molecule has 0 aromatic heterocycles. The van der Waals surface area contributed by atoms with Gasteiger partial charge in [-0.15, -0.1) is 0 Å². The summed E-state index contributed by atoms with van der Waals surface area (Å²) in [5.74, 6) is -0.479. The van der Waals surface area contributed by atoms with Gasteiger partial charge < -0.3 is 9.26 Å². The standard InChI is InChI=1S/C11H23BrNO4P/c1-5-16-11(14)9-18(15,17-10(2)3)13(4)8-6-7-12/h10H,5-9H2,1-4H3. The third kappa shape index (κ3) is 6.88. The molecule has 0 aromatic carbocycles. The van der Waals surface area contributed by atoms with Crippen LogP contribution in [0.3, 0.4) is 0 Å². The zero-order chi connectivity index (χ0) is 14.2. The van der Waals surface area contributed by atoms with E-state index in [1.807, 2.05) is 0 Å². The first kappa shape index (κ1) is 18.1. The number of carbonyl (C=O) groups excluding carboxylic acids is 1. The first-order valence-corrected chi connectivity index (χ1v) is 8.94. The number of hydrogen-bond donors (Lipinski definition) is 0. The molecule has 1 unspecified atom stereocenters. The highest BCUT2D eigenvalue weighted by Crippen LogP contribution is 2.50. The molecule has 0 heterocycles. The summed E-state index contributed by atoms with van der Waals surface area (Å²) in [6.45, 7) is 6.22. The zero-order valence-electron chi connectivity index (χ0n) is 11.5. The van der Waals surface area contributed by atoms with Gasteiger partial charge in [-0.3, -0.25) is 9.36 Å². The third-order valence-electron chi connectivity index (χ3n) is 2.15. The second-order valence-corrected chi connectivity index (χ2v) is 7.46. The monoisotopic (exact) mass is 343 g/mol. The Morgan fingerprint density at radius 2 is 2.06 bits per heavy atom. The van der Waals surface area contributed by atoms with Crippen LogP contribution in [-0.2, 0) is 18.6 Å². The maximum absolute atomic E-state index is 12.7. The fourth-order valence-corrected chi connectivity index (χ4v) is 3.63. The van der Waals surface area contributed by atoms with Gasteiger partial charge in [0, 0.05) is 11.9 Å². The van der Waals surface area contributed by atoms with Crippen molar-refractivity contribution in [1.82, 2.24) is 4.67 Å². The van der Waals surface area contributed by atoms with Gasteiger partial charge in [0.2, 0.25) is 0 Å². The van der Waals surface area contributed by atoms with Crippen molar-refractivity contribution in [3.05, 3.63) is 0 Å². The normalized spacial score (nSPS) is 14.8. The number of carbonyl (C=O) groups is 1. The first-order valence-electron chi connectivity index (χ1n) is 6.06. The highest BCUT2D eigenvalue weighted by Gasteiger charge is 2.33. The average Bonchev–Trinajstić information content (AvgIpc) is 2.24. The summed E-state index contributed by atoms with van der Waals surface area (Å²) in [7, 11) is -1.43. The van der Waals surface area contributed by atoms with Crippen LogP contribution in [0.15, 0.2) is 0 Å². The Kier molecular flexibility index (Phi) is 9.13. The molecule has 0 aromatic rings. The molecule has 1 atom stereocenters. The van der Waals surface area contributed by atoms with Crippen LogP contribution in [0.4, 0.5) is 0 Å². The lowest BCUT2D eigenvalue weighted by Crippen LogP contribution is -2.25. The van der Waals surface area contributed by atoms with Crippen molar-refractivity contribution in [1.29, 1.82) is 0 Å². The molecule has 0 aliphatic heterocycles. The van der Waals surface area contributed by atoms with Crippen molar-refractivity contribution >= 4 is 29.4 Å². The minimum Gasteiger partial charge on any atom is -0.466 e. The van der Waals surface area contributed by atoms with Gasteiger partial charge in [0.15, 0.2) is 0 Å². The highest BCUT2D eigenvalue weighted by molar-refractivity contribution is 9.09. The van der Waals surface area contributed by atoms with Crippen LogP contribution < -0.4 is 0 Å². The van der Waals surface area contributed by atoms with Gasteiger partial charge >= 0.3 is 5.97 Å². The largest absolute Gasteiger partial charge is 0.466 e.